The van der Waals surface area contributed by atoms with Crippen LogP contribution in [0.2, 0.25) is 0 Å². The van der Waals surface area contributed by atoms with Crippen LogP contribution in [0.3, 0.4) is 0 Å². The molecule has 1 N–H and O–H groups in total. The Morgan fingerprint density at radius 1 is 1.00 bits per heavy atom. The van der Waals surface area contributed by atoms with Crippen molar-refractivity contribution in [2.75, 3.05) is 19.8 Å². The number of morpholine rings is 1. The first-order valence-corrected chi connectivity index (χ1v) is 9.04. The fourth-order valence-corrected chi connectivity index (χ4v) is 3.44. The minimum Gasteiger partial charge on any atom is -0.345 e. The number of nitrogens with one attached hydrogen (secondary N) is 1. The summed E-state index contributed by atoms with van der Waals surface area (Å²) in [5, 5.41) is 3.01. The molecule has 10 heteroatoms. The summed E-state index contributed by atoms with van der Waals surface area (Å²) in [5.41, 5.74) is -3.00. The van der Waals surface area contributed by atoms with E-state index in [4.69, 9.17) is 9.47 Å². The Kier molecular flexibility index (Phi) is 6.13. The summed E-state index contributed by atoms with van der Waals surface area (Å²) in [7, 11) is 0. The molecule has 1 heterocycles. The Labute approximate surface area is 167 Å². The SMILES string of the molecule is CCOC1(c2cc(C(F)(F)F)cc(C(F)(F)F)c2)OCCN[C@H]1c1ccc(F)cc1. The molecule has 0 aliphatic carbocycles. The van der Waals surface area contributed by atoms with E-state index in [2.05, 4.69) is 5.32 Å². The van der Waals surface area contributed by atoms with Crippen LogP contribution in [0.4, 0.5) is 30.7 Å². The van der Waals surface area contributed by atoms with Gasteiger partial charge < -0.3 is 14.8 Å². The van der Waals surface area contributed by atoms with E-state index in [1.807, 2.05) is 0 Å². The van der Waals surface area contributed by atoms with Crippen LogP contribution >= 0.6 is 0 Å². The number of benzene rings is 2. The smallest absolute Gasteiger partial charge is 0.345 e. The number of rotatable bonds is 4. The zero-order valence-electron chi connectivity index (χ0n) is 15.7. The molecule has 3 rings (SSSR count). The summed E-state index contributed by atoms with van der Waals surface area (Å²) < 4.78 is 105. The first-order valence-electron chi connectivity index (χ1n) is 9.04. The molecule has 0 aromatic heterocycles. The van der Waals surface area contributed by atoms with Gasteiger partial charge in [-0.15, -0.1) is 0 Å². The number of halogens is 7. The maximum absolute atomic E-state index is 13.4. The van der Waals surface area contributed by atoms with Gasteiger partial charge in [-0.05, 0) is 42.8 Å². The van der Waals surface area contributed by atoms with Crippen LogP contribution < -0.4 is 5.32 Å². The van der Waals surface area contributed by atoms with E-state index in [0.29, 0.717) is 17.7 Å². The van der Waals surface area contributed by atoms with Crippen LogP contribution in [0, 0.1) is 5.82 Å². The van der Waals surface area contributed by atoms with Crippen molar-refractivity contribution in [3.8, 4) is 0 Å². The lowest BCUT2D eigenvalue weighted by Gasteiger charge is -2.44. The number of ether oxygens (including phenoxy) is 2. The summed E-state index contributed by atoms with van der Waals surface area (Å²) in [6.07, 6.45) is -10.0. The third kappa shape index (κ3) is 4.45. The predicted octanol–water partition coefficient (Wildman–Crippen LogP) is 5.41. The molecule has 0 amide bonds. The third-order valence-electron chi connectivity index (χ3n) is 4.70. The molecule has 1 aliphatic heterocycles. The van der Waals surface area contributed by atoms with Crippen LogP contribution in [-0.2, 0) is 27.6 Å². The highest BCUT2D eigenvalue weighted by Crippen LogP contribution is 2.45. The molecule has 0 radical (unpaired) electrons. The predicted molar refractivity (Wildman–Crippen MR) is 92.8 cm³/mol. The lowest BCUT2D eigenvalue weighted by molar-refractivity contribution is -0.278. The second-order valence-electron chi connectivity index (χ2n) is 6.68. The molecule has 2 atom stereocenters. The Bertz CT molecular complexity index is 844. The van der Waals surface area contributed by atoms with Gasteiger partial charge in [0, 0.05) is 18.7 Å². The Morgan fingerprint density at radius 3 is 2.07 bits per heavy atom. The Balaban J connectivity index is 2.23. The molecule has 164 valence electrons. The molecule has 2 aromatic rings. The first-order chi connectivity index (χ1) is 14.0. The fourth-order valence-electron chi connectivity index (χ4n) is 3.44. The van der Waals surface area contributed by atoms with Gasteiger partial charge in [0.15, 0.2) is 0 Å². The Hall–Kier alpha value is -2.17. The van der Waals surface area contributed by atoms with Crippen LogP contribution in [0.5, 0.6) is 0 Å². The summed E-state index contributed by atoms with van der Waals surface area (Å²) >= 11 is 0. The molecule has 30 heavy (non-hydrogen) atoms. The highest BCUT2D eigenvalue weighted by atomic mass is 19.4. The average molecular weight is 437 g/mol. The van der Waals surface area contributed by atoms with Gasteiger partial charge in [-0.1, -0.05) is 12.1 Å². The van der Waals surface area contributed by atoms with E-state index < -0.39 is 46.7 Å². The van der Waals surface area contributed by atoms with E-state index in [0.717, 1.165) is 12.1 Å². The van der Waals surface area contributed by atoms with E-state index >= 15 is 0 Å². The first kappa shape index (κ1) is 22.5. The van der Waals surface area contributed by atoms with Crippen molar-refractivity contribution in [2.45, 2.75) is 31.1 Å². The quantitative estimate of drug-likeness (QED) is 0.649. The summed E-state index contributed by atoms with van der Waals surface area (Å²) in [6.45, 7) is 1.73. The van der Waals surface area contributed by atoms with E-state index in [1.165, 1.54) is 12.1 Å². The standard InChI is InChI=1S/C20H18F7NO2/c1-2-29-18(17(28-7-8-30-18)12-3-5-16(21)6-4-12)13-9-14(19(22,23)24)11-15(10-13)20(25,26)27/h3-6,9-11,17,28H,2,7-8H2,1H3/t17-,18?/m0/s1. The minimum atomic E-state index is -5.02. The van der Waals surface area contributed by atoms with Crippen LogP contribution in [-0.4, -0.2) is 19.8 Å². The average Bonchev–Trinajstić information content (AvgIpc) is 2.67. The second-order valence-corrected chi connectivity index (χ2v) is 6.68. The van der Waals surface area contributed by atoms with Gasteiger partial charge in [0.25, 0.3) is 0 Å². The lowest BCUT2D eigenvalue weighted by Crippen LogP contribution is -2.52. The number of alkyl halides is 6. The van der Waals surface area contributed by atoms with Crippen LogP contribution in [0.25, 0.3) is 0 Å². The van der Waals surface area contributed by atoms with Gasteiger partial charge in [0.1, 0.15) is 5.82 Å². The lowest BCUT2D eigenvalue weighted by atomic mass is 9.88. The van der Waals surface area contributed by atoms with Crippen molar-refractivity contribution in [1.29, 1.82) is 0 Å². The molecule has 1 saturated heterocycles. The zero-order valence-corrected chi connectivity index (χ0v) is 15.7. The van der Waals surface area contributed by atoms with Gasteiger partial charge in [-0.3, -0.25) is 0 Å². The molecular weight excluding hydrogens is 419 g/mol. The topological polar surface area (TPSA) is 30.5 Å². The van der Waals surface area contributed by atoms with E-state index in [1.54, 1.807) is 6.92 Å². The third-order valence-corrected chi connectivity index (χ3v) is 4.70. The summed E-state index contributed by atoms with van der Waals surface area (Å²) in [4.78, 5) is 0. The van der Waals surface area contributed by atoms with Crippen molar-refractivity contribution < 1.29 is 40.2 Å². The Morgan fingerprint density at radius 2 is 1.57 bits per heavy atom. The van der Waals surface area contributed by atoms with Gasteiger partial charge in [-0.25, -0.2) is 4.39 Å². The summed E-state index contributed by atoms with van der Waals surface area (Å²) in [6, 6.07) is 5.26. The second kappa shape index (κ2) is 8.16. The molecule has 0 spiro atoms. The molecule has 0 bridgehead atoms. The monoisotopic (exact) mass is 437 g/mol. The molecule has 1 unspecified atom stereocenters. The largest absolute Gasteiger partial charge is 0.416 e. The highest BCUT2D eigenvalue weighted by molar-refractivity contribution is 5.38. The van der Waals surface area contributed by atoms with Gasteiger partial charge in [0.2, 0.25) is 5.79 Å². The fraction of sp³-hybridized carbons (Fsp3) is 0.400. The van der Waals surface area contributed by atoms with Crippen molar-refractivity contribution >= 4 is 0 Å². The maximum atomic E-state index is 13.4. The number of hydrogen-bond acceptors (Lipinski definition) is 3. The van der Waals surface area contributed by atoms with Gasteiger partial charge in [0.05, 0.1) is 23.8 Å². The van der Waals surface area contributed by atoms with E-state index in [9.17, 15) is 30.7 Å². The maximum Gasteiger partial charge on any atom is 0.416 e. The normalized spacial score (nSPS) is 22.9. The van der Waals surface area contributed by atoms with Gasteiger partial charge in [-0.2, -0.15) is 26.3 Å². The van der Waals surface area contributed by atoms with E-state index in [-0.39, 0.29) is 25.8 Å². The van der Waals surface area contributed by atoms with Crippen molar-refractivity contribution in [3.05, 3.63) is 70.5 Å². The van der Waals surface area contributed by atoms with Crippen LogP contribution in [0.15, 0.2) is 42.5 Å². The molecular formula is C20H18F7NO2. The molecule has 1 fully saturated rings. The zero-order chi connectivity index (χ0) is 22.2. The van der Waals surface area contributed by atoms with Gasteiger partial charge >= 0.3 is 12.4 Å². The van der Waals surface area contributed by atoms with Crippen molar-refractivity contribution in [2.24, 2.45) is 0 Å². The minimum absolute atomic E-state index is 0.0186. The van der Waals surface area contributed by atoms with Crippen LogP contribution in [0.1, 0.15) is 35.2 Å². The van der Waals surface area contributed by atoms with Crippen molar-refractivity contribution in [3.63, 3.8) is 0 Å². The molecule has 1 aliphatic rings. The molecule has 0 saturated carbocycles. The number of hydrogen-bond donors (Lipinski definition) is 1. The summed E-state index contributed by atoms with van der Waals surface area (Å²) in [5.74, 6) is -2.53. The highest BCUT2D eigenvalue weighted by Gasteiger charge is 2.48. The molecule has 3 nitrogen and oxygen atoms in total. The molecule has 2 aromatic carbocycles. The van der Waals surface area contributed by atoms with Crippen molar-refractivity contribution in [1.82, 2.24) is 5.32 Å².